The van der Waals surface area contributed by atoms with Crippen molar-refractivity contribution in [3.05, 3.63) is 57.5 Å². The molecule has 23 heavy (non-hydrogen) atoms. The SMILES string of the molecule is C#CCNC(=O)CNc1cnn(Cc2ccccc2)c(=O)c1Cl. The molecular formula is C16H15ClN4O2. The molecular weight excluding hydrogens is 316 g/mol. The average molecular weight is 331 g/mol. The van der Waals surface area contributed by atoms with Crippen LogP contribution >= 0.6 is 11.6 Å². The number of aromatic nitrogens is 2. The monoisotopic (exact) mass is 330 g/mol. The first-order valence-electron chi connectivity index (χ1n) is 6.85. The summed E-state index contributed by atoms with van der Waals surface area (Å²) in [6, 6.07) is 9.44. The Morgan fingerprint density at radius 2 is 2.09 bits per heavy atom. The number of halogens is 1. The molecule has 0 aliphatic heterocycles. The molecule has 0 fully saturated rings. The van der Waals surface area contributed by atoms with Crippen LogP contribution in [0, 0.1) is 12.3 Å². The van der Waals surface area contributed by atoms with Gasteiger partial charge in [-0.3, -0.25) is 9.59 Å². The minimum atomic E-state index is -0.426. The Bertz CT molecular complexity index is 781. The van der Waals surface area contributed by atoms with Gasteiger partial charge in [0.2, 0.25) is 5.91 Å². The second-order valence-corrected chi connectivity index (χ2v) is 5.03. The standard InChI is InChI=1S/C16H15ClN4O2/c1-2-8-18-14(22)10-19-13-9-20-21(16(23)15(13)17)11-12-6-4-3-5-7-12/h1,3-7,9,19H,8,10-11H2,(H,18,22). The molecule has 1 aromatic carbocycles. The summed E-state index contributed by atoms with van der Waals surface area (Å²) < 4.78 is 1.27. The highest BCUT2D eigenvalue weighted by molar-refractivity contribution is 6.33. The van der Waals surface area contributed by atoms with Crippen LogP contribution in [-0.4, -0.2) is 28.8 Å². The molecule has 0 atom stereocenters. The third-order valence-electron chi connectivity index (χ3n) is 2.99. The lowest BCUT2D eigenvalue weighted by atomic mass is 10.2. The maximum atomic E-state index is 12.2. The topological polar surface area (TPSA) is 76.0 Å². The fourth-order valence-electron chi connectivity index (χ4n) is 1.84. The zero-order chi connectivity index (χ0) is 16.7. The summed E-state index contributed by atoms with van der Waals surface area (Å²) >= 11 is 6.05. The lowest BCUT2D eigenvalue weighted by molar-refractivity contribution is -0.119. The van der Waals surface area contributed by atoms with Gasteiger partial charge in [0, 0.05) is 0 Å². The molecule has 0 spiro atoms. The van der Waals surface area contributed by atoms with Crippen molar-refractivity contribution < 1.29 is 4.79 Å². The maximum Gasteiger partial charge on any atom is 0.287 e. The Kier molecular flexibility index (Phi) is 5.78. The molecule has 2 aromatic rings. The lowest BCUT2D eigenvalue weighted by Crippen LogP contribution is -2.31. The first-order chi connectivity index (χ1) is 11.1. The number of carbonyl (C=O) groups is 1. The van der Waals surface area contributed by atoms with Crippen molar-refractivity contribution >= 4 is 23.2 Å². The summed E-state index contributed by atoms with van der Waals surface area (Å²) in [5.74, 6) is 2.00. The number of hydrogen-bond donors (Lipinski definition) is 2. The van der Waals surface area contributed by atoms with Crippen LogP contribution in [0.2, 0.25) is 5.02 Å². The molecule has 0 saturated heterocycles. The first kappa shape index (κ1) is 16.6. The number of hydrogen-bond acceptors (Lipinski definition) is 4. The van der Waals surface area contributed by atoms with Crippen LogP contribution in [-0.2, 0) is 11.3 Å². The van der Waals surface area contributed by atoms with Crippen LogP contribution < -0.4 is 16.2 Å². The molecule has 2 rings (SSSR count). The highest BCUT2D eigenvalue weighted by atomic mass is 35.5. The van der Waals surface area contributed by atoms with Gasteiger partial charge in [0.15, 0.2) is 0 Å². The van der Waals surface area contributed by atoms with Gasteiger partial charge in [-0.05, 0) is 5.56 Å². The van der Waals surface area contributed by atoms with Crippen molar-refractivity contribution in [1.29, 1.82) is 0 Å². The first-order valence-corrected chi connectivity index (χ1v) is 7.23. The van der Waals surface area contributed by atoms with Crippen LogP contribution in [0.3, 0.4) is 0 Å². The summed E-state index contributed by atoms with van der Waals surface area (Å²) in [5, 5.41) is 9.32. The molecule has 0 bridgehead atoms. The van der Waals surface area contributed by atoms with Gasteiger partial charge in [0.25, 0.3) is 5.56 Å². The number of amides is 1. The number of nitrogens with zero attached hydrogens (tertiary/aromatic N) is 2. The molecule has 0 saturated carbocycles. The largest absolute Gasteiger partial charge is 0.373 e. The summed E-state index contributed by atoms with van der Waals surface area (Å²) in [4.78, 5) is 23.7. The van der Waals surface area contributed by atoms with E-state index in [-0.39, 0.29) is 24.0 Å². The number of benzene rings is 1. The van der Waals surface area contributed by atoms with Gasteiger partial charge in [-0.25, -0.2) is 4.68 Å². The van der Waals surface area contributed by atoms with Crippen LogP contribution in [0.4, 0.5) is 5.69 Å². The van der Waals surface area contributed by atoms with Gasteiger partial charge in [-0.15, -0.1) is 6.42 Å². The Balaban J connectivity index is 2.07. The molecule has 0 aliphatic carbocycles. The number of anilines is 1. The molecule has 118 valence electrons. The summed E-state index contributed by atoms with van der Waals surface area (Å²) in [6.07, 6.45) is 6.47. The fraction of sp³-hybridized carbons (Fsp3) is 0.188. The highest BCUT2D eigenvalue weighted by Gasteiger charge is 2.10. The summed E-state index contributed by atoms with van der Waals surface area (Å²) in [7, 11) is 0. The van der Waals surface area contributed by atoms with E-state index in [1.807, 2.05) is 30.3 Å². The third-order valence-corrected chi connectivity index (χ3v) is 3.35. The molecule has 0 aliphatic rings. The van der Waals surface area contributed by atoms with E-state index in [2.05, 4.69) is 21.7 Å². The minimum Gasteiger partial charge on any atom is -0.373 e. The molecule has 1 amide bonds. The molecule has 2 N–H and O–H groups in total. The van der Waals surface area contributed by atoms with E-state index in [1.165, 1.54) is 10.9 Å². The van der Waals surface area contributed by atoms with E-state index in [1.54, 1.807) is 0 Å². The van der Waals surface area contributed by atoms with Gasteiger partial charge < -0.3 is 10.6 Å². The summed E-state index contributed by atoms with van der Waals surface area (Å²) in [5.41, 5.74) is 0.814. The van der Waals surface area contributed by atoms with Gasteiger partial charge in [-0.2, -0.15) is 5.10 Å². The smallest absolute Gasteiger partial charge is 0.287 e. The Morgan fingerprint density at radius 1 is 1.35 bits per heavy atom. The normalized spacial score (nSPS) is 9.91. The zero-order valence-electron chi connectivity index (χ0n) is 12.3. The zero-order valence-corrected chi connectivity index (χ0v) is 13.0. The van der Waals surface area contributed by atoms with Crippen LogP contribution in [0.5, 0.6) is 0 Å². The minimum absolute atomic E-state index is 0.0133. The van der Waals surface area contributed by atoms with Gasteiger partial charge in [-0.1, -0.05) is 47.9 Å². The second kappa shape index (κ2) is 8.01. The Hall–Kier alpha value is -2.78. The van der Waals surface area contributed by atoms with Gasteiger partial charge in [0.05, 0.1) is 31.5 Å². The van der Waals surface area contributed by atoms with Crippen LogP contribution in [0.15, 0.2) is 41.3 Å². The van der Waals surface area contributed by atoms with E-state index in [0.29, 0.717) is 12.2 Å². The molecule has 1 aromatic heterocycles. The number of terminal acetylenes is 1. The predicted molar refractivity (Wildman–Crippen MR) is 89.4 cm³/mol. The van der Waals surface area contributed by atoms with Crippen molar-refractivity contribution in [3.63, 3.8) is 0 Å². The molecule has 0 unspecified atom stereocenters. The average Bonchev–Trinajstić information content (AvgIpc) is 2.57. The highest BCUT2D eigenvalue weighted by Crippen LogP contribution is 2.15. The van der Waals surface area contributed by atoms with Crippen molar-refractivity contribution in [2.45, 2.75) is 6.54 Å². The molecule has 7 heteroatoms. The van der Waals surface area contributed by atoms with Gasteiger partial charge in [0.1, 0.15) is 5.02 Å². The molecule has 6 nitrogen and oxygen atoms in total. The third kappa shape index (κ3) is 4.59. The van der Waals surface area contributed by atoms with Crippen molar-refractivity contribution in [2.24, 2.45) is 0 Å². The molecule has 1 heterocycles. The van der Waals surface area contributed by atoms with E-state index in [4.69, 9.17) is 18.0 Å². The van der Waals surface area contributed by atoms with Crippen molar-refractivity contribution in [1.82, 2.24) is 15.1 Å². The van der Waals surface area contributed by atoms with Crippen LogP contribution in [0.25, 0.3) is 0 Å². The molecule has 0 radical (unpaired) electrons. The summed E-state index contributed by atoms with van der Waals surface area (Å²) in [6.45, 7) is 0.415. The van der Waals surface area contributed by atoms with E-state index < -0.39 is 5.56 Å². The van der Waals surface area contributed by atoms with Crippen molar-refractivity contribution in [2.75, 3.05) is 18.4 Å². The predicted octanol–water partition coefficient (Wildman–Crippen LogP) is 1.11. The lowest BCUT2D eigenvalue weighted by Gasteiger charge is -2.10. The second-order valence-electron chi connectivity index (χ2n) is 4.66. The van der Waals surface area contributed by atoms with E-state index >= 15 is 0 Å². The Labute approximate surface area is 138 Å². The maximum absolute atomic E-state index is 12.2. The number of carbonyl (C=O) groups excluding carboxylic acids is 1. The fourth-order valence-corrected chi connectivity index (χ4v) is 2.06. The van der Waals surface area contributed by atoms with Gasteiger partial charge >= 0.3 is 0 Å². The number of nitrogens with one attached hydrogen (secondary N) is 2. The van der Waals surface area contributed by atoms with Crippen molar-refractivity contribution in [3.8, 4) is 12.3 Å². The van der Waals surface area contributed by atoms with Crippen LogP contribution in [0.1, 0.15) is 5.56 Å². The Morgan fingerprint density at radius 3 is 2.78 bits per heavy atom. The quantitative estimate of drug-likeness (QED) is 0.778. The van der Waals surface area contributed by atoms with E-state index in [9.17, 15) is 9.59 Å². The van der Waals surface area contributed by atoms with E-state index in [0.717, 1.165) is 5.56 Å². The number of rotatable bonds is 6.